The van der Waals surface area contributed by atoms with Crippen molar-refractivity contribution in [3.63, 3.8) is 0 Å². The second kappa shape index (κ2) is 26.7. The molecule has 20 aromatic rings. The highest BCUT2D eigenvalue weighted by Crippen LogP contribution is 2.53. The fourth-order valence-electron chi connectivity index (χ4n) is 17.6. The molecule has 22 rings (SSSR count). The molecule has 2 aliphatic carbocycles. The average Bonchev–Trinajstić information content (AvgIpc) is 1.35. The molecule has 0 saturated heterocycles. The lowest BCUT2D eigenvalue weighted by Gasteiger charge is -2.28. The van der Waals surface area contributed by atoms with Crippen molar-refractivity contribution < 1.29 is 8.83 Å². The number of furan rings is 2. The fraction of sp³-hybridized carbons (Fsp3) is 0.0654. The zero-order valence-electron chi connectivity index (χ0n) is 61.8. The SMILES string of the molecule is CC1(C)c2cc(-c3ccc4oc5ccccc5c4c3)ccc2-c2ccc(N(c3ccc(-c4cccc5ccccc45)cc3)c3ccc4ccccc4c3)cc21.CC1(C)c2ccccc2-c2ccc(-c3ccc4oc5ccccc5c4c3)cc21.c1ccc2cc(Cc3ccc(-c4cccc5ccccc45)cc3)ccc2c1. The summed E-state index contributed by atoms with van der Waals surface area (Å²) in [5, 5.41) is 14.8. The van der Waals surface area contributed by atoms with E-state index in [-0.39, 0.29) is 10.8 Å². The number of rotatable bonds is 9. The molecule has 0 aliphatic heterocycles. The molecule has 2 aromatic heterocycles. The summed E-state index contributed by atoms with van der Waals surface area (Å²) in [6.45, 7) is 9.40. The van der Waals surface area contributed by atoms with Crippen LogP contribution in [0.15, 0.2) is 391 Å². The Balaban J connectivity index is 0.000000120. The third-order valence-corrected chi connectivity index (χ3v) is 23.4. The molecule has 18 aromatic carbocycles. The lowest BCUT2D eigenvalue weighted by molar-refractivity contribution is 0.660. The molecule has 0 radical (unpaired) electrons. The molecule has 0 bridgehead atoms. The molecule has 3 nitrogen and oxygen atoms in total. The summed E-state index contributed by atoms with van der Waals surface area (Å²) in [5.41, 5.74) is 30.4. The highest BCUT2D eigenvalue weighted by Gasteiger charge is 2.38. The van der Waals surface area contributed by atoms with Gasteiger partial charge in [0.15, 0.2) is 0 Å². The number of anilines is 3. The minimum absolute atomic E-state index is 0.0222. The van der Waals surface area contributed by atoms with E-state index in [0.29, 0.717) is 0 Å². The van der Waals surface area contributed by atoms with Gasteiger partial charge >= 0.3 is 0 Å². The number of hydrogen-bond donors (Lipinski definition) is 0. The minimum Gasteiger partial charge on any atom is -0.456 e. The second-order valence-corrected chi connectivity index (χ2v) is 30.7. The molecule has 0 saturated carbocycles. The van der Waals surface area contributed by atoms with E-state index in [1.165, 1.54) is 154 Å². The predicted octanol–water partition coefficient (Wildman–Crippen LogP) is 29.8. The molecule has 0 amide bonds. The summed E-state index contributed by atoms with van der Waals surface area (Å²) >= 11 is 0. The van der Waals surface area contributed by atoms with Crippen molar-refractivity contribution in [2.45, 2.75) is 44.9 Å². The normalized spacial score (nSPS) is 12.9. The third kappa shape index (κ3) is 11.6. The van der Waals surface area contributed by atoms with Crippen molar-refractivity contribution in [3.05, 3.63) is 416 Å². The van der Waals surface area contributed by atoms with Crippen molar-refractivity contribution in [2.24, 2.45) is 0 Å². The summed E-state index contributed by atoms with van der Waals surface area (Å²) in [5.74, 6) is 0. The molecule has 2 aliphatic rings. The molecule has 110 heavy (non-hydrogen) atoms. The highest BCUT2D eigenvalue weighted by atomic mass is 16.3. The van der Waals surface area contributed by atoms with Gasteiger partial charge in [0.05, 0.1) is 0 Å². The van der Waals surface area contributed by atoms with Crippen LogP contribution < -0.4 is 4.90 Å². The predicted molar refractivity (Wildman–Crippen MR) is 465 cm³/mol. The standard InChI is InChI=1S/C53H37NO.C27H20O.C27H20/c1-53(2)49-32-39(38-22-29-52-48(31-38)47-15-7-8-17-51(47)55-52)21-27-45(49)46-28-26-42(33-50(46)53)54(41-25-18-34-10-3-4-12-37(34)30-41)40-23-19-36(20-24-40)44-16-9-13-35-11-5-6-14-43(35)44;1-27(2)23-9-5-3-7-19(23)20-13-11-18(16-24(20)27)17-12-14-26-22(15-17)21-8-4-6-10-25(21)28-26;1-2-8-25-19-21(14-15-22(25)6-1)18-20-12-16-24(17-13-20)27-11-5-9-23-7-3-4-10-26(23)27/h3-33H,1-2H3;3-16H,1-2H3;1-17,19H,18H2. The largest absolute Gasteiger partial charge is 0.456 e. The lowest BCUT2D eigenvalue weighted by atomic mass is 9.81. The maximum absolute atomic E-state index is 6.15. The van der Waals surface area contributed by atoms with Gasteiger partial charge in [-0.25, -0.2) is 0 Å². The molecule has 3 heteroatoms. The Morgan fingerprint density at radius 2 is 0.564 bits per heavy atom. The van der Waals surface area contributed by atoms with Crippen molar-refractivity contribution in [2.75, 3.05) is 4.90 Å². The molecule has 0 atom stereocenters. The second-order valence-electron chi connectivity index (χ2n) is 30.7. The Morgan fingerprint density at radius 3 is 1.14 bits per heavy atom. The molecule has 0 fully saturated rings. The van der Waals surface area contributed by atoms with E-state index in [0.717, 1.165) is 56.6 Å². The van der Waals surface area contributed by atoms with E-state index in [2.05, 4.69) is 391 Å². The number of para-hydroxylation sites is 2. The van der Waals surface area contributed by atoms with Crippen LogP contribution in [0.4, 0.5) is 17.1 Å². The van der Waals surface area contributed by atoms with Gasteiger partial charge in [-0.05, 0) is 235 Å². The average molecular weight is 1410 g/mol. The van der Waals surface area contributed by atoms with Gasteiger partial charge in [-0.2, -0.15) is 0 Å². The van der Waals surface area contributed by atoms with E-state index < -0.39 is 0 Å². The zero-order chi connectivity index (χ0) is 73.6. The van der Waals surface area contributed by atoms with Gasteiger partial charge in [-0.3, -0.25) is 0 Å². The number of benzene rings is 18. The van der Waals surface area contributed by atoms with Gasteiger partial charge in [0, 0.05) is 49.4 Å². The summed E-state index contributed by atoms with van der Waals surface area (Å²) < 4.78 is 12.1. The summed E-state index contributed by atoms with van der Waals surface area (Å²) in [6.07, 6.45) is 0.959. The fourth-order valence-corrected chi connectivity index (χ4v) is 17.6. The van der Waals surface area contributed by atoms with Crippen LogP contribution >= 0.6 is 0 Å². The van der Waals surface area contributed by atoms with Crippen molar-refractivity contribution >= 4 is 104 Å². The van der Waals surface area contributed by atoms with Crippen molar-refractivity contribution in [1.29, 1.82) is 0 Å². The van der Waals surface area contributed by atoms with Crippen molar-refractivity contribution in [1.82, 2.24) is 0 Å². The van der Waals surface area contributed by atoms with Crippen molar-refractivity contribution in [3.8, 4) is 66.8 Å². The first-order chi connectivity index (χ1) is 54.0. The Bertz CT molecular complexity index is 6990. The van der Waals surface area contributed by atoms with Crippen LogP contribution in [0, 0.1) is 0 Å². The molecular formula is C107H77NO2. The van der Waals surface area contributed by atoms with Crippen LogP contribution in [0.3, 0.4) is 0 Å². The Morgan fingerprint density at radius 1 is 0.209 bits per heavy atom. The van der Waals surface area contributed by atoms with E-state index in [9.17, 15) is 0 Å². The topological polar surface area (TPSA) is 29.5 Å². The van der Waals surface area contributed by atoms with E-state index in [1.54, 1.807) is 0 Å². The highest BCUT2D eigenvalue weighted by molar-refractivity contribution is 6.08. The molecule has 0 unspecified atom stereocenters. The maximum Gasteiger partial charge on any atom is 0.135 e. The van der Waals surface area contributed by atoms with Gasteiger partial charge in [0.25, 0.3) is 0 Å². The number of fused-ring (bicyclic) bond motifs is 16. The monoisotopic (exact) mass is 1410 g/mol. The molecule has 0 N–H and O–H groups in total. The summed E-state index contributed by atoms with van der Waals surface area (Å²) in [7, 11) is 0. The maximum atomic E-state index is 6.15. The first-order valence-corrected chi connectivity index (χ1v) is 38.3. The van der Waals surface area contributed by atoms with E-state index in [4.69, 9.17) is 8.83 Å². The van der Waals surface area contributed by atoms with Gasteiger partial charge in [0.1, 0.15) is 22.3 Å². The first-order valence-electron chi connectivity index (χ1n) is 38.3. The van der Waals surface area contributed by atoms with Crippen LogP contribution in [0.1, 0.15) is 61.1 Å². The van der Waals surface area contributed by atoms with Crippen LogP contribution in [0.25, 0.3) is 154 Å². The molecule has 0 spiro atoms. The van der Waals surface area contributed by atoms with E-state index in [1.807, 2.05) is 24.3 Å². The lowest BCUT2D eigenvalue weighted by Crippen LogP contribution is -2.16. The van der Waals surface area contributed by atoms with Crippen LogP contribution in [-0.4, -0.2) is 0 Å². The zero-order valence-corrected chi connectivity index (χ0v) is 61.8. The summed E-state index contributed by atoms with van der Waals surface area (Å²) in [6, 6.07) is 138. The quantitative estimate of drug-likeness (QED) is 0.144. The van der Waals surface area contributed by atoms with Gasteiger partial charge in [-0.15, -0.1) is 0 Å². The Hall–Kier alpha value is -13.6. The Kier molecular flexibility index (Phi) is 16.0. The molecule has 522 valence electrons. The van der Waals surface area contributed by atoms with Crippen LogP contribution in [0.5, 0.6) is 0 Å². The van der Waals surface area contributed by atoms with Gasteiger partial charge in [0.2, 0.25) is 0 Å². The third-order valence-electron chi connectivity index (χ3n) is 23.4. The number of nitrogens with zero attached hydrogens (tertiary/aromatic N) is 1. The first kappa shape index (κ1) is 65.9. The molecular weight excluding hydrogens is 1330 g/mol. The van der Waals surface area contributed by atoms with Crippen LogP contribution in [-0.2, 0) is 17.3 Å². The van der Waals surface area contributed by atoms with Gasteiger partial charge < -0.3 is 13.7 Å². The number of hydrogen-bond acceptors (Lipinski definition) is 3. The van der Waals surface area contributed by atoms with Gasteiger partial charge in [-0.1, -0.05) is 325 Å². The minimum atomic E-state index is -0.198. The van der Waals surface area contributed by atoms with Crippen LogP contribution in [0.2, 0.25) is 0 Å². The Labute approximate surface area is 640 Å². The summed E-state index contributed by atoms with van der Waals surface area (Å²) in [4.78, 5) is 2.41. The smallest absolute Gasteiger partial charge is 0.135 e. The molecule has 2 heterocycles. The van der Waals surface area contributed by atoms with E-state index >= 15 is 0 Å².